The maximum absolute atomic E-state index is 13.9. The topological polar surface area (TPSA) is 108 Å². The quantitative estimate of drug-likeness (QED) is 0.536. The van der Waals surface area contributed by atoms with Crippen LogP contribution in [0.25, 0.3) is 0 Å². The van der Waals surface area contributed by atoms with E-state index in [9.17, 15) is 19.5 Å². The van der Waals surface area contributed by atoms with Gasteiger partial charge in [0.1, 0.15) is 11.6 Å². The molecule has 2 aromatic carbocycles. The summed E-state index contributed by atoms with van der Waals surface area (Å²) in [5.41, 5.74) is 1.51. The van der Waals surface area contributed by atoms with E-state index in [1.54, 1.807) is 0 Å². The number of aryl methyl sites for hydroxylation is 2. The number of aliphatic hydroxyl groups is 1. The molecule has 3 fully saturated rings. The van der Waals surface area contributed by atoms with Crippen molar-refractivity contribution >= 4 is 23.4 Å². The lowest BCUT2D eigenvalue weighted by atomic mass is 9.62. The lowest BCUT2D eigenvalue weighted by molar-refractivity contribution is -0.146. The second-order valence-corrected chi connectivity index (χ2v) is 11.0. The number of ether oxygens (including phenoxy) is 1. The monoisotopic (exact) mass is 505 g/mol. The van der Waals surface area contributed by atoms with Crippen LogP contribution >= 0.6 is 0 Å². The van der Waals surface area contributed by atoms with Crippen LogP contribution in [-0.4, -0.2) is 58.1 Å². The Morgan fingerprint density at radius 2 is 1.86 bits per heavy atom. The molecule has 0 saturated carbocycles. The van der Waals surface area contributed by atoms with Gasteiger partial charge in [-0.1, -0.05) is 49.4 Å². The van der Waals surface area contributed by atoms with Crippen molar-refractivity contribution in [2.75, 3.05) is 18.5 Å². The second kappa shape index (κ2) is 9.26. The molecule has 0 radical (unpaired) electrons. The van der Waals surface area contributed by atoms with E-state index in [4.69, 9.17) is 4.74 Å². The van der Waals surface area contributed by atoms with Crippen LogP contribution < -0.4 is 10.6 Å². The Balaban J connectivity index is 1.49. The summed E-state index contributed by atoms with van der Waals surface area (Å²) in [4.78, 5) is 42.8. The van der Waals surface area contributed by atoms with Crippen LogP contribution in [0.5, 0.6) is 0 Å². The number of fused-ring (bicyclic) bond motifs is 1. The summed E-state index contributed by atoms with van der Waals surface area (Å²) in [6.07, 6.45) is 0.481. The third-order valence-electron chi connectivity index (χ3n) is 8.65. The van der Waals surface area contributed by atoms with E-state index in [0.29, 0.717) is 18.7 Å². The van der Waals surface area contributed by atoms with Gasteiger partial charge in [0.2, 0.25) is 17.7 Å². The van der Waals surface area contributed by atoms with E-state index in [0.717, 1.165) is 16.7 Å². The molecule has 3 aliphatic heterocycles. The minimum atomic E-state index is -1.14. The molecule has 0 aromatic heterocycles. The molecule has 196 valence electrons. The van der Waals surface area contributed by atoms with Gasteiger partial charge in [-0.15, -0.1) is 0 Å². The van der Waals surface area contributed by atoms with Crippen molar-refractivity contribution in [1.29, 1.82) is 0 Å². The molecule has 8 heteroatoms. The average molecular weight is 506 g/mol. The first-order valence-electron chi connectivity index (χ1n) is 12.9. The second-order valence-electron chi connectivity index (χ2n) is 11.0. The zero-order valence-electron chi connectivity index (χ0n) is 21.8. The van der Waals surface area contributed by atoms with Crippen molar-refractivity contribution in [2.45, 2.75) is 57.9 Å². The molecule has 5 rings (SSSR count). The molecule has 8 nitrogen and oxygen atoms in total. The highest BCUT2D eigenvalue weighted by molar-refractivity contribution is 6.04. The van der Waals surface area contributed by atoms with Gasteiger partial charge in [-0.05, 0) is 55.9 Å². The first-order chi connectivity index (χ1) is 17.6. The van der Waals surface area contributed by atoms with Gasteiger partial charge in [0.25, 0.3) is 0 Å². The van der Waals surface area contributed by atoms with E-state index >= 15 is 0 Å². The maximum atomic E-state index is 13.9. The Kier molecular flexibility index (Phi) is 6.36. The van der Waals surface area contributed by atoms with Gasteiger partial charge in [-0.2, -0.15) is 0 Å². The molecule has 3 N–H and O–H groups in total. The number of anilines is 1. The molecular weight excluding hydrogens is 470 g/mol. The summed E-state index contributed by atoms with van der Waals surface area (Å²) in [7, 11) is 0. The smallest absolute Gasteiger partial charge is 0.250 e. The van der Waals surface area contributed by atoms with Crippen LogP contribution in [0.15, 0.2) is 48.5 Å². The predicted molar refractivity (Wildman–Crippen MR) is 138 cm³/mol. The van der Waals surface area contributed by atoms with Crippen LogP contribution in [0.2, 0.25) is 0 Å². The zero-order chi connectivity index (χ0) is 26.5. The number of hydrogen-bond acceptors (Lipinski definition) is 5. The number of nitrogens with one attached hydrogen (secondary N) is 2. The number of carbonyl (C=O) groups is 3. The number of hydrogen-bond donors (Lipinski definition) is 3. The molecule has 1 spiro atoms. The third-order valence-corrected chi connectivity index (χ3v) is 8.65. The van der Waals surface area contributed by atoms with E-state index < -0.39 is 29.1 Å². The van der Waals surface area contributed by atoms with Gasteiger partial charge in [0.15, 0.2) is 0 Å². The molecule has 6 atom stereocenters. The Morgan fingerprint density at radius 1 is 1.14 bits per heavy atom. The largest absolute Gasteiger partial charge is 0.395 e. The number of benzene rings is 2. The van der Waals surface area contributed by atoms with Crippen molar-refractivity contribution in [3.05, 3.63) is 65.2 Å². The average Bonchev–Trinajstić information content (AvgIpc) is 3.37. The molecular formula is C29H35N3O5. The van der Waals surface area contributed by atoms with Gasteiger partial charge in [-0.25, -0.2) is 0 Å². The summed E-state index contributed by atoms with van der Waals surface area (Å²) < 4.78 is 6.68. The van der Waals surface area contributed by atoms with Crippen molar-refractivity contribution < 1.29 is 24.2 Å². The van der Waals surface area contributed by atoms with Crippen LogP contribution in [0.1, 0.15) is 37.0 Å². The highest BCUT2D eigenvalue weighted by Crippen LogP contribution is 2.65. The van der Waals surface area contributed by atoms with Gasteiger partial charge < -0.3 is 25.4 Å². The molecule has 3 saturated heterocycles. The SMILES string of the molecule is Cc1ccc(C)c(NC(=O)C2N(CCO)C(=O)[C@@H]3[C@@H](C(=O)NCc4ccccc4)[C@]4(C)OC23CC4C)c1. The first kappa shape index (κ1) is 25.4. The van der Waals surface area contributed by atoms with Crippen LogP contribution in [0, 0.1) is 31.6 Å². The summed E-state index contributed by atoms with van der Waals surface area (Å²) in [5, 5.41) is 15.8. The summed E-state index contributed by atoms with van der Waals surface area (Å²) in [6, 6.07) is 14.4. The number of likely N-dealkylation sites (tertiary alicyclic amines) is 1. The number of aliphatic hydroxyl groups excluding tert-OH is 1. The standard InChI is InChI=1S/C29H35N3O5/c1-17-10-11-18(2)21(14-17)31-26(35)24-29-15-19(3)28(4,37-29)22(23(29)27(36)32(24)12-13-33)25(34)30-16-20-8-6-5-7-9-20/h5-11,14,19,22-24,33H,12-13,15-16H2,1-4H3,(H,30,34)(H,31,35)/t19?,22-,23-,24?,28+,29?/m0/s1. The number of rotatable bonds is 7. The van der Waals surface area contributed by atoms with E-state index in [1.807, 2.05) is 76.2 Å². The highest BCUT2D eigenvalue weighted by atomic mass is 16.5. The number of amides is 3. The van der Waals surface area contributed by atoms with E-state index in [2.05, 4.69) is 10.6 Å². The van der Waals surface area contributed by atoms with Gasteiger partial charge in [-0.3, -0.25) is 14.4 Å². The van der Waals surface area contributed by atoms with E-state index in [-0.39, 0.29) is 36.8 Å². The van der Waals surface area contributed by atoms with Crippen LogP contribution in [-0.2, 0) is 25.7 Å². The summed E-state index contributed by atoms with van der Waals surface area (Å²) in [5.74, 6) is -2.52. The predicted octanol–water partition coefficient (Wildman–Crippen LogP) is 2.56. The Bertz CT molecular complexity index is 1230. The molecule has 37 heavy (non-hydrogen) atoms. The van der Waals surface area contributed by atoms with Crippen molar-refractivity contribution in [3.8, 4) is 0 Å². The number of nitrogens with zero attached hydrogens (tertiary/aromatic N) is 1. The van der Waals surface area contributed by atoms with Gasteiger partial charge in [0.05, 0.1) is 24.0 Å². The summed E-state index contributed by atoms with van der Waals surface area (Å²) >= 11 is 0. The molecule has 2 aromatic rings. The minimum Gasteiger partial charge on any atom is -0.395 e. The number of β-amino-alcohol motifs (C(OH)–C–C–N with tert-alkyl or cyclic N) is 1. The fourth-order valence-electron chi connectivity index (χ4n) is 6.75. The Hall–Kier alpha value is -3.23. The molecule has 0 aliphatic carbocycles. The minimum absolute atomic E-state index is 0.00518. The van der Waals surface area contributed by atoms with Crippen LogP contribution in [0.3, 0.4) is 0 Å². The maximum Gasteiger partial charge on any atom is 0.250 e. The van der Waals surface area contributed by atoms with Crippen molar-refractivity contribution in [3.63, 3.8) is 0 Å². The van der Waals surface area contributed by atoms with Crippen molar-refractivity contribution in [2.24, 2.45) is 17.8 Å². The molecule has 3 aliphatic rings. The fourth-order valence-corrected chi connectivity index (χ4v) is 6.75. The fraction of sp³-hybridized carbons (Fsp3) is 0.483. The first-order valence-corrected chi connectivity index (χ1v) is 12.9. The Morgan fingerprint density at radius 3 is 2.57 bits per heavy atom. The molecule has 3 heterocycles. The van der Waals surface area contributed by atoms with E-state index in [1.165, 1.54) is 4.90 Å². The molecule has 3 amide bonds. The summed E-state index contributed by atoms with van der Waals surface area (Å²) in [6.45, 7) is 7.81. The lowest BCUT2D eigenvalue weighted by Crippen LogP contribution is -2.54. The lowest BCUT2D eigenvalue weighted by Gasteiger charge is -2.36. The highest BCUT2D eigenvalue weighted by Gasteiger charge is 2.79. The normalized spacial score (nSPS) is 31.9. The van der Waals surface area contributed by atoms with Gasteiger partial charge >= 0.3 is 0 Å². The zero-order valence-corrected chi connectivity index (χ0v) is 21.8. The van der Waals surface area contributed by atoms with Crippen molar-refractivity contribution in [1.82, 2.24) is 10.2 Å². The third kappa shape index (κ3) is 3.94. The Labute approximate surface area is 217 Å². The van der Waals surface area contributed by atoms with Gasteiger partial charge in [0, 0.05) is 18.8 Å². The molecule has 3 unspecified atom stereocenters. The molecule has 2 bridgehead atoms. The number of carbonyl (C=O) groups excluding carboxylic acids is 3. The van der Waals surface area contributed by atoms with Crippen LogP contribution in [0.4, 0.5) is 5.69 Å².